The number of anilines is 1. The van der Waals surface area contributed by atoms with E-state index >= 15 is 0 Å². The van der Waals surface area contributed by atoms with Gasteiger partial charge in [0, 0.05) is 10.7 Å². The van der Waals surface area contributed by atoms with Crippen molar-refractivity contribution in [1.82, 2.24) is 0 Å². The van der Waals surface area contributed by atoms with Crippen LogP contribution >= 0.6 is 11.6 Å². The topological polar surface area (TPSA) is 64.6 Å². The number of nitrogens with one attached hydrogen (secondary N) is 1. The zero-order chi connectivity index (χ0) is 21.1. The number of esters is 1. The maximum absolute atomic E-state index is 12.5. The Bertz CT molecular complexity index is 1080. The number of amides is 1. The molecule has 6 heteroatoms. The van der Waals surface area contributed by atoms with Gasteiger partial charge in [0.25, 0.3) is 5.91 Å². The van der Waals surface area contributed by atoms with E-state index in [2.05, 4.69) is 5.32 Å². The quantitative estimate of drug-likeness (QED) is 0.432. The van der Waals surface area contributed by atoms with E-state index in [0.717, 1.165) is 12.0 Å². The first kappa shape index (κ1) is 20.0. The second-order valence-corrected chi connectivity index (χ2v) is 7.48. The number of rotatable bonds is 6. The molecule has 3 aromatic rings. The zero-order valence-corrected chi connectivity index (χ0v) is 17.1. The molecule has 2 unspecified atom stereocenters. The lowest BCUT2D eigenvalue weighted by Crippen LogP contribution is -2.13. The van der Waals surface area contributed by atoms with Crippen molar-refractivity contribution in [1.29, 1.82) is 0 Å². The summed E-state index contributed by atoms with van der Waals surface area (Å²) in [6, 6.07) is 21.2. The minimum atomic E-state index is -0.280. The molecule has 1 amide bonds. The van der Waals surface area contributed by atoms with Gasteiger partial charge in [-0.05, 0) is 60.4 Å². The summed E-state index contributed by atoms with van der Waals surface area (Å²) in [5.74, 6) is 0.294. The number of carbonyl (C=O) groups excluding carboxylic acids is 2. The first-order chi connectivity index (χ1) is 14.6. The van der Waals surface area contributed by atoms with Crippen molar-refractivity contribution in [2.24, 2.45) is 5.92 Å². The van der Waals surface area contributed by atoms with Gasteiger partial charge in [-0.25, -0.2) is 0 Å². The standard InChI is InChI=1S/C24H20ClNO4/c1-29-22-9-5-3-7-18(22)23(27)26-15-10-12-16(13-11-15)30-24(28)20-14-19(20)17-6-2-4-8-21(17)25/h2-13,19-20H,14H2,1H3,(H,26,27). The van der Waals surface area contributed by atoms with Crippen molar-refractivity contribution >= 4 is 29.2 Å². The molecule has 2 atom stereocenters. The Hall–Kier alpha value is -3.31. The van der Waals surface area contributed by atoms with Crippen molar-refractivity contribution in [3.8, 4) is 11.5 Å². The second kappa shape index (κ2) is 8.59. The van der Waals surface area contributed by atoms with Crippen molar-refractivity contribution in [3.05, 3.63) is 88.9 Å². The van der Waals surface area contributed by atoms with E-state index in [-0.39, 0.29) is 23.7 Å². The SMILES string of the molecule is COc1ccccc1C(=O)Nc1ccc(OC(=O)C2CC2c2ccccc2Cl)cc1. The summed E-state index contributed by atoms with van der Waals surface area (Å²) in [6.07, 6.45) is 0.732. The summed E-state index contributed by atoms with van der Waals surface area (Å²) >= 11 is 6.22. The van der Waals surface area contributed by atoms with E-state index in [0.29, 0.717) is 27.8 Å². The second-order valence-electron chi connectivity index (χ2n) is 7.07. The van der Waals surface area contributed by atoms with Crippen LogP contribution in [0.1, 0.15) is 28.3 Å². The van der Waals surface area contributed by atoms with Crippen molar-refractivity contribution in [2.75, 3.05) is 12.4 Å². The molecule has 5 nitrogen and oxygen atoms in total. The van der Waals surface area contributed by atoms with Crippen molar-refractivity contribution in [3.63, 3.8) is 0 Å². The molecule has 0 aliphatic heterocycles. The molecule has 4 rings (SSSR count). The predicted molar refractivity (Wildman–Crippen MR) is 115 cm³/mol. The third-order valence-electron chi connectivity index (χ3n) is 5.08. The lowest BCUT2D eigenvalue weighted by Gasteiger charge is -2.10. The Morgan fingerprint density at radius 2 is 1.67 bits per heavy atom. The molecule has 152 valence electrons. The molecular weight excluding hydrogens is 402 g/mol. The van der Waals surface area contributed by atoms with Gasteiger partial charge in [0.15, 0.2) is 0 Å². The highest BCUT2D eigenvalue weighted by atomic mass is 35.5. The molecule has 0 aromatic heterocycles. The summed E-state index contributed by atoms with van der Waals surface area (Å²) in [6.45, 7) is 0. The average molecular weight is 422 g/mol. The molecule has 1 aliphatic rings. The van der Waals surface area contributed by atoms with Gasteiger partial charge in [-0.15, -0.1) is 0 Å². The van der Waals surface area contributed by atoms with Crippen LogP contribution < -0.4 is 14.8 Å². The van der Waals surface area contributed by atoms with Crippen LogP contribution in [0.4, 0.5) is 5.69 Å². The summed E-state index contributed by atoms with van der Waals surface area (Å²) in [5.41, 5.74) is 2.01. The fourth-order valence-corrected chi connectivity index (χ4v) is 3.68. The molecule has 1 saturated carbocycles. The minimum absolute atomic E-state index is 0.102. The van der Waals surface area contributed by atoms with E-state index < -0.39 is 0 Å². The van der Waals surface area contributed by atoms with Crippen molar-refractivity contribution < 1.29 is 19.1 Å². The van der Waals surface area contributed by atoms with Crippen LogP contribution in [0.2, 0.25) is 5.02 Å². The van der Waals surface area contributed by atoms with Crippen molar-refractivity contribution in [2.45, 2.75) is 12.3 Å². The number of hydrogen-bond donors (Lipinski definition) is 1. The molecule has 0 saturated heterocycles. The fourth-order valence-electron chi connectivity index (χ4n) is 3.40. The number of carbonyl (C=O) groups is 2. The van der Waals surface area contributed by atoms with Crippen LogP contribution in [0.25, 0.3) is 0 Å². The van der Waals surface area contributed by atoms with Crippen LogP contribution in [0.5, 0.6) is 11.5 Å². The van der Waals surface area contributed by atoms with Gasteiger partial charge in [-0.1, -0.05) is 41.9 Å². The molecule has 3 aromatic carbocycles. The van der Waals surface area contributed by atoms with Gasteiger partial charge in [-0.3, -0.25) is 9.59 Å². The van der Waals surface area contributed by atoms with E-state index in [1.54, 1.807) is 48.5 Å². The van der Waals surface area contributed by atoms with E-state index in [9.17, 15) is 9.59 Å². The van der Waals surface area contributed by atoms with Crippen LogP contribution in [0.3, 0.4) is 0 Å². The predicted octanol–water partition coefficient (Wildman–Crippen LogP) is 5.31. The van der Waals surface area contributed by atoms with E-state index in [1.165, 1.54) is 7.11 Å². The third kappa shape index (κ3) is 4.31. The largest absolute Gasteiger partial charge is 0.496 e. The maximum atomic E-state index is 12.5. The number of halogens is 1. The first-order valence-electron chi connectivity index (χ1n) is 9.57. The van der Waals surface area contributed by atoms with Crippen LogP contribution in [-0.2, 0) is 4.79 Å². The molecule has 0 radical (unpaired) electrons. The number of methoxy groups -OCH3 is 1. The Kier molecular flexibility index (Phi) is 5.72. The van der Waals surface area contributed by atoms with Crippen LogP contribution in [-0.4, -0.2) is 19.0 Å². The third-order valence-corrected chi connectivity index (χ3v) is 5.42. The minimum Gasteiger partial charge on any atom is -0.496 e. The number of hydrogen-bond acceptors (Lipinski definition) is 4. The molecule has 0 heterocycles. The Morgan fingerprint density at radius 1 is 0.967 bits per heavy atom. The fraction of sp³-hybridized carbons (Fsp3) is 0.167. The molecule has 1 aliphatic carbocycles. The summed E-state index contributed by atoms with van der Waals surface area (Å²) in [7, 11) is 1.52. The molecule has 0 bridgehead atoms. The molecular formula is C24H20ClNO4. The Labute approximate surface area is 179 Å². The van der Waals surface area contributed by atoms with Gasteiger partial charge >= 0.3 is 5.97 Å². The van der Waals surface area contributed by atoms with Crippen LogP contribution in [0, 0.1) is 5.92 Å². The molecule has 30 heavy (non-hydrogen) atoms. The highest BCUT2D eigenvalue weighted by Gasteiger charge is 2.46. The highest BCUT2D eigenvalue weighted by Crippen LogP contribution is 2.50. The van der Waals surface area contributed by atoms with Gasteiger partial charge in [0.05, 0.1) is 18.6 Å². The van der Waals surface area contributed by atoms with Gasteiger partial charge < -0.3 is 14.8 Å². The number of benzene rings is 3. The van der Waals surface area contributed by atoms with Crippen LogP contribution in [0.15, 0.2) is 72.8 Å². The number of para-hydroxylation sites is 1. The molecule has 1 fully saturated rings. The smallest absolute Gasteiger partial charge is 0.314 e. The maximum Gasteiger partial charge on any atom is 0.314 e. The summed E-state index contributed by atoms with van der Waals surface area (Å²) in [4.78, 5) is 24.9. The molecule has 0 spiro atoms. The lowest BCUT2D eigenvalue weighted by atomic mass is 10.1. The van der Waals surface area contributed by atoms with Gasteiger partial charge in [0.2, 0.25) is 0 Å². The van der Waals surface area contributed by atoms with E-state index in [4.69, 9.17) is 21.1 Å². The van der Waals surface area contributed by atoms with Gasteiger partial charge in [0.1, 0.15) is 11.5 Å². The van der Waals surface area contributed by atoms with E-state index in [1.807, 2.05) is 24.3 Å². The first-order valence-corrected chi connectivity index (χ1v) is 9.95. The lowest BCUT2D eigenvalue weighted by molar-refractivity contribution is -0.135. The normalized spacial score (nSPS) is 17.1. The zero-order valence-electron chi connectivity index (χ0n) is 16.3. The Morgan fingerprint density at radius 3 is 2.40 bits per heavy atom. The summed E-state index contributed by atoms with van der Waals surface area (Å²) in [5, 5.41) is 3.48. The monoisotopic (exact) mass is 421 g/mol. The average Bonchev–Trinajstić information content (AvgIpc) is 3.56. The summed E-state index contributed by atoms with van der Waals surface area (Å²) < 4.78 is 10.7. The molecule has 1 N–H and O–H groups in total. The van der Waals surface area contributed by atoms with Gasteiger partial charge in [-0.2, -0.15) is 0 Å². The number of ether oxygens (including phenoxy) is 2. The Balaban J connectivity index is 1.36. The highest BCUT2D eigenvalue weighted by molar-refractivity contribution is 6.31.